The van der Waals surface area contributed by atoms with Crippen molar-refractivity contribution in [2.45, 2.75) is 33.2 Å². The van der Waals surface area contributed by atoms with E-state index in [1.165, 1.54) is 11.1 Å². The predicted molar refractivity (Wildman–Crippen MR) is 73.7 cm³/mol. The molecule has 0 spiro atoms. The number of halogens is 1. The Bertz CT molecular complexity index is 321. The van der Waals surface area contributed by atoms with Crippen molar-refractivity contribution in [2.75, 3.05) is 19.8 Å². The van der Waals surface area contributed by atoms with E-state index in [1.54, 1.807) is 0 Å². The molecule has 1 unspecified atom stereocenters. The van der Waals surface area contributed by atoms with Gasteiger partial charge in [-0.1, -0.05) is 31.5 Å². The van der Waals surface area contributed by atoms with Crippen LogP contribution in [-0.4, -0.2) is 19.8 Å². The molecule has 0 aliphatic heterocycles. The van der Waals surface area contributed by atoms with Crippen LogP contribution in [0.2, 0.25) is 5.02 Å². The van der Waals surface area contributed by atoms with Crippen LogP contribution in [0.3, 0.4) is 0 Å². The Hall–Kier alpha value is -0.570. The summed E-state index contributed by atoms with van der Waals surface area (Å²) in [5.74, 6) is 0. The van der Waals surface area contributed by atoms with E-state index in [0.717, 1.165) is 24.6 Å². The smallest absolute Gasteiger partial charge is 0.0661 e. The number of nitrogens with one attached hydrogen (secondary N) is 1. The monoisotopic (exact) mass is 255 g/mol. The molecule has 2 nitrogen and oxygen atoms in total. The number of aryl methyl sites for hydroxylation is 1. The Morgan fingerprint density at radius 2 is 2.06 bits per heavy atom. The maximum absolute atomic E-state index is 6.09. The minimum absolute atomic E-state index is 0.226. The molecule has 1 N–H and O–H groups in total. The van der Waals surface area contributed by atoms with Gasteiger partial charge in [-0.05, 0) is 43.1 Å². The molecule has 0 aromatic heterocycles. The number of benzene rings is 1. The van der Waals surface area contributed by atoms with Crippen molar-refractivity contribution >= 4 is 11.6 Å². The quantitative estimate of drug-likeness (QED) is 0.750. The van der Waals surface area contributed by atoms with Crippen LogP contribution in [0.15, 0.2) is 18.2 Å². The van der Waals surface area contributed by atoms with E-state index in [9.17, 15) is 0 Å². The first-order chi connectivity index (χ1) is 8.17. The number of hydrogen-bond donors (Lipinski definition) is 1. The highest BCUT2D eigenvalue weighted by Crippen LogP contribution is 2.20. The summed E-state index contributed by atoms with van der Waals surface area (Å²) in [6.45, 7) is 8.70. The van der Waals surface area contributed by atoms with Gasteiger partial charge in [0.25, 0.3) is 0 Å². The molecule has 1 atom stereocenters. The van der Waals surface area contributed by atoms with Gasteiger partial charge in [0.05, 0.1) is 12.6 Å². The largest absolute Gasteiger partial charge is 0.379 e. The van der Waals surface area contributed by atoms with Crippen LogP contribution in [0, 0.1) is 6.92 Å². The van der Waals surface area contributed by atoms with E-state index in [1.807, 2.05) is 12.1 Å². The van der Waals surface area contributed by atoms with Crippen molar-refractivity contribution in [1.29, 1.82) is 0 Å². The van der Waals surface area contributed by atoms with Crippen molar-refractivity contribution in [1.82, 2.24) is 5.32 Å². The standard InChI is InChI=1S/C14H22ClNO/c1-4-6-17-10-14(16-5-2)12-7-11(3)8-13(15)9-12/h7-9,14,16H,4-6,10H2,1-3H3. The van der Waals surface area contributed by atoms with Crippen molar-refractivity contribution in [2.24, 2.45) is 0 Å². The maximum atomic E-state index is 6.09. The summed E-state index contributed by atoms with van der Waals surface area (Å²) in [6, 6.07) is 6.37. The SMILES string of the molecule is CCCOCC(NCC)c1cc(C)cc(Cl)c1. The number of ether oxygens (including phenoxy) is 1. The lowest BCUT2D eigenvalue weighted by atomic mass is 10.0. The van der Waals surface area contributed by atoms with E-state index in [0.29, 0.717) is 6.61 Å². The summed E-state index contributed by atoms with van der Waals surface area (Å²) in [5.41, 5.74) is 2.39. The van der Waals surface area contributed by atoms with Crippen LogP contribution in [0.25, 0.3) is 0 Å². The summed E-state index contributed by atoms with van der Waals surface area (Å²) in [6.07, 6.45) is 1.05. The van der Waals surface area contributed by atoms with Crippen molar-refractivity contribution in [3.63, 3.8) is 0 Å². The summed E-state index contributed by atoms with van der Waals surface area (Å²) < 4.78 is 5.63. The number of rotatable bonds is 7. The second-order valence-electron chi connectivity index (χ2n) is 4.25. The molecule has 0 saturated heterocycles. The molecule has 3 heteroatoms. The van der Waals surface area contributed by atoms with E-state index < -0.39 is 0 Å². The van der Waals surface area contributed by atoms with Crippen LogP contribution >= 0.6 is 11.6 Å². The predicted octanol–water partition coefficient (Wildman–Crippen LogP) is 3.73. The minimum Gasteiger partial charge on any atom is -0.379 e. The van der Waals surface area contributed by atoms with Crippen LogP contribution in [0.4, 0.5) is 0 Å². The summed E-state index contributed by atoms with van der Waals surface area (Å²) in [5, 5.41) is 4.22. The molecule has 1 rings (SSSR count). The van der Waals surface area contributed by atoms with E-state index in [-0.39, 0.29) is 6.04 Å². The van der Waals surface area contributed by atoms with E-state index >= 15 is 0 Å². The Morgan fingerprint density at radius 1 is 1.29 bits per heavy atom. The van der Waals surface area contributed by atoms with Gasteiger partial charge >= 0.3 is 0 Å². The molecule has 17 heavy (non-hydrogen) atoms. The highest BCUT2D eigenvalue weighted by molar-refractivity contribution is 6.30. The first-order valence-electron chi connectivity index (χ1n) is 6.25. The van der Waals surface area contributed by atoms with E-state index in [4.69, 9.17) is 16.3 Å². The molecule has 96 valence electrons. The average Bonchev–Trinajstić information content (AvgIpc) is 2.27. The molecule has 0 aliphatic rings. The molecular formula is C14H22ClNO. The average molecular weight is 256 g/mol. The van der Waals surface area contributed by atoms with Crippen LogP contribution in [-0.2, 0) is 4.74 Å². The molecule has 0 radical (unpaired) electrons. The van der Waals surface area contributed by atoms with Crippen LogP contribution in [0.5, 0.6) is 0 Å². The lowest BCUT2D eigenvalue weighted by molar-refractivity contribution is 0.112. The third-order valence-electron chi connectivity index (χ3n) is 2.55. The van der Waals surface area contributed by atoms with Gasteiger partial charge in [-0.25, -0.2) is 0 Å². The first kappa shape index (κ1) is 14.5. The normalized spacial score (nSPS) is 12.7. The molecule has 0 saturated carbocycles. The molecule has 0 heterocycles. The Morgan fingerprint density at radius 3 is 2.65 bits per heavy atom. The number of likely N-dealkylation sites (N-methyl/N-ethyl adjacent to an activating group) is 1. The van der Waals surface area contributed by atoms with Gasteiger partial charge in [-0.3, -0.25) is 0 Å². The fourth-order valence-electron chi connectivity index (χ4n) is 1.83. The highest BCUT2D eigenvalue weighted by atomic mass is 35.5. The van der Waals surface area contributed by atoms with E-state index in [2.05, 4.69) is 32.2 Å². The molecule has 1 aromatic rings. The summed E-state index contributed by atoms with van der Waals surface area (Å²) in [4.78, 5) is 0. The Balaban J connectivity index is 2.73. The third-order valence-corrected chi connectivity index (χ3v) is 2.77. The second kappa shape index (κ2) is 7.70. The lowest BCUT2D eigenvalue weighted by Gasteiger charge is -2.19. The van der Waals surface area contributed by atoms with Gasteiger partial charge in [0, 0.05) is 11.6 Å². The van der Waals surface area contributed by atoms with Crippen molar-refractivity contribution in [3.8, 4) is 0 Å². The Kier molecular flexibility index (Phi) is 6.56. The van der Waals surface area contributed by atoms with Gasteiger partial charge < -0.3 is 10.1 Å². The minimum atomic E-state index is 0.226. The molecule has 1 aromatic carbocycles. The molecule has 0 fully saturated rings. The zero-order valence-electron chi connectivity index (χ0n) is 10.9. The fourth-order valence-corrected chi connectivity index (χ4v) is 2.13. The molecule has 0 amide bonds. The Labute approximate surface area is 109 Å². The van der Waals surface area contributed by atoms with Crippen LogP contribution in [0.1, 0.15) is 37.4 Å². The zero-order chi connectivity index (χ0) is 12.7. The zero-order valence-corrected chi connectivity index (χ0v) is 11.7. The first-order valence-corrected chi connectivity index (χ1v) is 6.63. The molecule has 0 aliphatic carbocycles. The maximum Gasteiger partial charge on any atom is 0.0661 e. The highest BCUT2D eigenvalue weighted by Gasteiger charge is 2.11. The lowest BCUT2D eigenvalue weighted by Crippen LogP contribution is -2.25. The fraction of sp³-hybridized carbons (Fsp3) is 0.571. The van der Waals surface area contributed by atoms with Gasteiger partial charge in [-0.2, -0.15) is 0 Å². The van der Waals surface area contributed by atoms with Crippen LogP contribution < -0.4 is 5.32 Å². The third kappa shape index (κ3) is 5.07. The van der Waals surface area contributed by atoms with Gasteiger partial charge in [0.15, 0.2) is 0 Å². The number of hydrogen-bond acceptors (Lipinski definition) is 2. The van der Waals surface area contributed by atoms with Gasteiger partial charge in [-0.15, -0.1) is 0 Å². The van der Waals surface area contributed by atoms with Crippen molar-refractivity contribution in [3.05, 3.63) is 34.3 Å². The summed E-state index contributed by atoms with van der Waals surface area (Å²) >= 11 is 6.09. The second-order valence-corrected chi connectivity index (χ2v) is 4.68. The van der Waals surface area contributed by atoms with Gasteiger partial charge in [0.1, 0.15) is 0 Å². The molecular weight excluding hydrogens is 234 g/mol. The summed E-state index contributed by atoms with van der Waals surface area (Å²) in [7, 11) is 0. The van der Waals surface area contributed by atoms with Gasteiger partial charge in [0.2, 0.25) is 0 Å². The topological polar surface area (TPSA) is 21.3 Å². The van der Waals surface area contributed by atoms with Crippen molar-refractivity contribution < 1.29 is 4.74 Å². The molecule has 0 bridgehead atoms.